The summed E-state index contributed by atoms with van der Waals surface area (Å²) < 4.78 is 44.2. The minimum absolute atomic E-state index is 0.121. The molecule has 0 fully saturated rings. The number of hydrogen-bond acceptors (Lipinski definition) is 4. The number of benzene rings is 1. The van der Waals surface area contributed by atoms with Crippen molar-refractivity contribution in [1.82, 2.24) is 5.32 Å². The quantitative estimate of drug-likeness (QED) is 0.836. The molecule has 0 radical (unpaired) electrons. The lowest BCUT2D eigenvalue weighted by Crippen LogP contribution is -2.29. The van der Waals surface area contributed by atoms with E-state index in [1.807, 2.05) is 6.07 Å². The summed E-state index contributed by atoms with van der Waals surface area (Å²) in [4.78, 5) is 12.4. The van der Waals surface area contributed by atoms with E-state index in [0.717, 1.165) is 12.1 Å². The van der Waals surface area contributed by atoms with Gasteiger partial charge in [0.25, 0.3) is 0 Å². The van der Waals surface area contributed by atoms with E-state index in [2.05, 4.69) is 5.32 Å². The fourth-order valence-electron chi connectivity index (χ4n) is 2.85. The number of alkyl halides is 3. The van der Waals surface area contributed by atoms with Gasteiger partial charge in [0.1, 0.15) is 0 Å². The first-order valence-corrected chi connectivity index (χ1v) is 7.63. The smallest absolute Gasteiger partial charge is 0.416 e. The van der Waals surface area contributed by atoms with Crippen LogP contribution in [-0.4, -0.2) is 12.6 Å². The molecule has 1 atom stereocenters. The SMILES string of the molecule is CCOC(=O)C1=C(C)NC(C)=C(C#N)C1c1cccc(C(F)(F)F)c1. The lowest BCUT2D eigenvalue weighted by molar-refractivity contribution is -0.139. The van der Waals surface area contributed by atoms with E-state index in [4.69, 9.17) is 4.74 Å². The third-order valence-electron chi connectivity index (χ3n) is 3.92. The zero-order valence-electron chi connectivity index (χ0n) is 14.0. The molecule has 0 bridgehead atoms. The topological polar surface area (TPSA) is 62.1 Å². The van der Waals surface area contributed by atoms with Gasteiger partial charge in [0, 0.05) is 11.4 Å². The van der Waals surface area contributed by atoms with Crippen LogP contribution in [0.15, 0.2) is 46.8 Å². The molecule has 1 unspecified atom stereocenters. The third-order valence-corrected chi connectivity index (χ3v) is 3.92. The van der Waals surface area contributed by atoms with Gasteiger partial charge in [-0.3, -0.25) is 0 Å². The number of rotatable bonds is 3. The molecule has 0 amide bonds. The molecule has 1 aromatic rings. The molecule has 7 heteroatoms. The number of nitrogens with zero attached hydrogens (tertiary/aromatic N) is 1. The Bertz CT molecular complexity index is 801. The zero-order valence-corrected chi connectivity index (χ0v) is 14.0. The van der Waals surface area contributed by atoms with Crippen LogP contribution < -0.4 is 5.32 Å². The molecule has 0 aromatic heterocycles. The van der Waals surface area contributed by atoms with Crippen molar-refractivity contribution in [3.63, 3.8) is 0 Å². The number of nitriles is 1. The maximum absolute atomic E-state index is 13.1. The second kappa shape index (κ2) is 7.01. The van der Waals surface area contributed by atoms with Gasteiger partial charge < -0.3 is 10.1 Å². The van der Waals surface area contributed by atoms with Crippen molar-refractivity contribution in [2.75, 3.05) is 6.61 Å². The van der Waals surface area contributed by atoms with Crippen molar-refractivity contribution in [2.45, 2.75) is 32.9 Å². The highest BCUT2D eigenvalue weighted by Crippen LogP contribution is 2.40. The number of allylic oxidation sites excluding steroid dienone is 3. The van der Waals surface area contributed by atoms with Crippen molar-refractivity contribution in [3.8, 4) is 6.07 Å². The molecule has 2 rings (SSSR count). The first-order valence-electron chi connectivity index (χ1n) is 7.63. The average Bonchev–Trinajstić information content (AvgIpc) is 2.53. The summed E-state index contributed by atoms with van der Waals surface area (Å²) in [5.74, 6) is -1.57. The van der Waals surface area contributed by atoms with Crippen LogP contribution in [0.4, 0.5) is 13.2 Å². The summed E-state index contributed by atoms with van der Waals surface area (Å²) in [5.41, 5.74) is 0.665. The van der Waals surface area contributed by atoms with Crippen molar-refractivity contribution < 1.29 is 22.7 Å². The summed E-state index contributed by atoms with van der Waals surface area (Å²) in [6.45, 7) is 5.03. The van der Waals surface area contributed by atoms with Crippen LogP contribution in [0.3, 0.4) is 0 Å². The molecular formula is C18H17F3N2O2. The molecule has 0 aliphatic carbocycles. The van der Waals surface area contributed by atoms with E-state index in [9.17, 15) is 23.2 Å². The molecule has 4 nitrogen and oxygen atoms in total. The fourth-order valence-corrected chi connectivity index (χ4v) is 2.85. The molecule has 0 saturated carbocycles. The van der Waals surface area contributed by atoms with Gasteiger partial charge >= 0.3 is 12.1 Å². The molecule has 1 aliphatic rings. The fraction of sp³-hybridized carbons (Fsp3) is 0.333. The molecule has 1 N–H and O–H groups in total. The van der Waals surface area contributed by atoms with Gasteiger partial charge in [-0.05, 0) is 32.4 Å². The Hall–Kier alpha value is -2.75. The lowest BCUT2D eigenvalue weighted by atomic mass is 9.80. The van der Waals surface area contributed by atoms with Crippen molar-refractivity contribution in [2.24, 2.45) is 0 Å². The molecule has 25 heavy (non-hydrogen) atoms. The van der Waals surface area contributed by atoms with E-state index < -0.39 is 23.6 Å². The van der Waals surface area contributed by atoms with Gasteiger partial charge in [0.15, 0.2) is 0 Å². The maximum atomic E-state index is 13.1. The minimum atomic E-state index is -4.52. The van der Waals surface area contributed by atoms with Crippen LogP contribution >= 0.6 is 0 Å². The Kier molecular flexibility index (Phi) is 5.21. The lowest BCUT2D eigenvalue weighted by Gasteiger charge is -2.28. The average molecular weight is 350 g/mol. The largest absolute Gasteiger partial charge is 0.463 e. The van der Waals surface area contributed by atoms with E-state index in [1.165, 1.54) is 12.1 Å². The number of nitrogens with one attached hydrogen (secondary N) is 1. The summed E-state index contributed by atoms with van der Waals surface area (Å²) in [5, 5.41) is 12.4. The van der Waals surface area contributed by atoms with Gasteiger partial charge in [0.05, 0.1) is 35.3 Å². The van der Waals surface area contributed by atoms with E-state index >= 15 is 0 Å². The normalized spacial score (nSPS) is 17.9. The number of carbonyl (C=O) groups is 1. The highest BCUT2D eigenvalue weighted by molar-refractivity contribution is 5.93. The van der Waals surface area contributed by atoms with Crippen LogP contribution in [0, 0.1) is 11.3 Å². The van der Waals surface area contributed by atoms with Gasteiger partial charge in [-0.1, -0.05) is 18.2 Å². The first-order chi connectivity index (χ1) is 11.7. The van der Waals surface area contributed by atoms with Gasteiger partial charge in [0.2, 0.25) is 0 Å². The monoisotopic (exact) mass is 350 g/mol. The number of esters is 1. The van der Waals surface area contributed by atoms with Crippen LogP contribution in [0.2, 0.25) is 0 Å². The third kappa shape index (κ3) is 3.68. The molecule has 1 aliphatic heterocycles. The standard InChI is InChI=1S/C18H17F3N2O2/c1-4-25-17(24)15-11(3)23-10(2)14(9-22)16(15)12-6-5-7-13(8-12)18(19,20)21/h5-8,16,23H,4H2,1-3H3. The molecule has 0 saturated heterocycles. The van der Waals surface area contributed by atoms with E-state index in [0.29, 0.717) is 11.4 Å². The molecule has 1 heterocycles. The highest BCUT2D eigenvalue weighted by Gasteiger charge is 2.36. The zero-order chi connectivity index (χ0) is 18.8. The van der Waals surface area contributed by atoms with Crippen molar-refractivity contribution in [1.29, 1.82) is 5.26 Å². The summed E-state index contributed by atoms with van der Waals surface area (Å²) in [7, 11) is 0. The van der Waals surface area contributed by atoms with Gasteiger partial charge in [-0.25, -0.2) is 4.79 Å². The number of carbonyl (C=O) groups excluding carboxylic acids is 1. The Morgan fingerprint density at radius 3 is 2.56 bits per heavy atom. The Labute approximate surface area is 143 Å². The summed E-state index contributed by atoms with van der Waals surface area (Å²) >= 11 is 0. The van der Waals surface area contributed by atoms with Crippen LogP contribution in [-0.2, 0) is 15.7 Å². The van der Waals surface area contributed by atoms with Crippen LogP contribution in [0.1, 0.15) is 37.8 Å². The van der Waals surface area contributed by atoms with E-state index in [1.54, 1.807) is 20.8 Å². The predicted molar refractivity (Wildman–Crippen MR) is 85.0 cm³/mol. The number of ether oxygens (including phenoxy) is 1. The van der Waals surface area contributed by atoms with Crippen molar-refractivity contribution >= 4 is 5.97 Å². The Morgan fingerprint density at radius 2 is 2.00 bits per heavy atom. The van der Waals surface area contributed by atoms with Crippen LogP contribution in [0.5, 0.6) is 0 Å². The predicted octanol–water partition coefficient (Wildman–Crippen LogP) is 4.03. The van der Waals surface area contributed by atoms with Crippen molar-refractivity contribution in [3.05, 3.63) is 57.9 Å². The van der Waals surface area contributed by atoms with Gasteiger partial charge in [-0.15, -0.1) is 0 Å². The Balaban J connectivity index is 2.65. The van der Waals surface area contributed by atoms with Crippen LogP contribution in [0.25, 0.3) is 0 Å². The summed E-state index contributed by atoms with van der Waals surface area (Å²) in [6, 6.07) is 6.66. The maximum Gasteiger partial charge on any atom is 0.416 e. The van der Waals surface area contributed by atoms with E-state index in [-0.39, 0.29) is 23.3 Å². The number of dihydropyridines is 1. The second-order valence-corrected chi connectivity index (χ2v) is 5.59. The first kappa shape index (κ1) is 18.6. The molecule has 0 spiro atoms. The molecule has 1 aromatic carbocycles. The molecular weight excluding hydrogens is 333 g/mol. The highest BCUT2D eigenvalue weighted by atomic mass is 19.4. The van der Waals surface area contributed by atoms with Gasteiger partial charge in [-0.2, -0.15) is 18.4 Å². The number of hydrogen-bond donors (Lipinski definition) is 1. The number of halogens is 3. The Morgan fingerprint density at radius 1 is 1.32 bits per heavy atom. The molecule has 132 valence electrons. The minimum Gasteiger partial charge on any atom is -0.463 e. The summed E-state index contributed by atoms with van der Waals surface area (Å²) in [6.07, 6.45) is -4.52. The second-order valence-electron chi connectivity index (χ2n) is 5.59.